The van der Waals surface area contributed by atoms with Crippen LogP contribution in [0.5, 0.6) is 28.9 Å². The first-order valence-electron chi connectivity index (χ1n) is 9.59. The fourth-order valence-corrected chi connectivity index (χ4v) is 4.02. The second kappa shape index (κ2) is 8.16. The van der Waals surface area contributed by atoms with E-state index in [1.807, 2.05) is 42.5 Å². The molecule has 31 heavy (non-hydrogen) atoms. The summed E-state index contributed by atoms with van der Waals surface area (Å²) in [5.74, 6) is 3.10. The number of aromatic nitrogens is 2. The molecular formula is C23H18N2O5S. The van der Waals surface area contributed by atoms with Crippen LogP contribution < -0.4 is 24.5 Å². The third-order valence-electron chi connectivity index (χ3n) is 4.82. The largest absolute Gasteiger partial charge is 0.485 e. The highest BCUT2D eigenvalue weighted by Crippen LogP contribution is 2.43. The summed E-state index contributed by atoms with van der Waals surface area (Å²) in [5, 5.41) is 0. The Hall–Kier alpha value is -3.78. The maximum atomic E-state index is 11.3. The lowest BCUT2D eigenvalue weighted by molar-refractivity contribution is 0.162. The number of methoxy groups -OCH3 is 1. The maximum Gasteiger partial charge on any atom is 0.258 e. The molecule has 2 aromatic carbocycles. The monoisotopic (exact) mass is 434 g/mol. The fraction of sp³-hybridized carbons (Fsp3) is 0.130. The van der Waals surface area contributed by atoms with Crippen molar-refractivity contribution in [2.75, 3.05) is 13.7 Å². The van der Waals surface area contributed by atoms with Crippen molar-refractivity contribution in [2.24, 2.45) is 0 Å². The van der Waals surface area contributed by atoms with E-state index in [0.29, 0.717) is 29.7 Å². The Kier molecular flexibility index (Phi) is 5.05. The maximum absolute atomic E-state index is 11.3. The van der Waals surface area contributed by atoms with Crippen molar-refractivity contribution in [2.45, 2.75) is 6.10 Å². The van der Waals surface area contributed by atoms with Crippen molar-refractivity contribution in [3.8, 4) is 39.3 Å². The number of pyridine rings is 1. The zero-order chi connectivity index (χ0) is 21.2. The summed E-state index contributed by atoms with van der Waals surface area (Å²) in [6.07, 6.45) is 1.35. The van der Waals surface area contributed by atoms with E-state index in [4.69, 9.17) is 18.9 Å². The van der Waals surface area contributed by atoms with Crippen LogP contribution in [-0.2, 0) is 0 Å². The molecule has 4 aromatic rings. The van der Waals surface area contributed by atoms with E-state index < -0.39 is 0 Å². The number of para-hydroxylation sites is 1. The van der Waals surface area contributed by atoms with E-state index in [0.717, 1.165) is 21.8 Å². The Balaban J connectivity index is 1.32. The van der Waals surface area contributed by atoms with Crippen LogP contribution in [0.1, 0.15) is 11.7 Å². The Labute approximate surface area is 182 Å². The molecule has 1 aliphatic rings. The molecule has 3 heterocycles. The molecule has 1 aliphatic heterocycles. The molecular weight excluding hydrogens is 416 g/mol. The van der Waals surface area contributed by atoms with Crippen LogP contribution in [0.15, 0.2) is 71.7 Å². The molecule has 1 unspecified atom stereocenters. The second-order valence-electron chi connectivity index (χ2n) is 6.83. The van der Waals surface area contributed by atoms with Gasteiger partial charge in [0.2, 0.25) is 5.88 Å². The summed E-state index contributed by atoms with van der Waals surface area (Å²) in [6, 6.07) is 18.5. The number of H-pyrrole nitrogens is 1. The van der Waals surface area contributed by atoms with E-state index in [-0.39, 0.29) is 11.7 Å². The van der Waals surface area contributed by atoms with Gasteiger partial charge in [-0.05, 0) is 42.0 Å². The summed E-state index contributed by atoms with van der Waals surface area (Å²) in [7, 11) is 1.57. The average Bonchev–Trinajstić information content (AvgIpc) is 3.42. The molecule has 0 aliphatic carbocycles. The molecule has 0 amide bonds. The predicted octanol–water partition coefficient (Wildman–Crippen LogP) is 4.81. The Morgan fingerprint density at radius 2 is 1.94 bits per heavy atom. The minimum Gasteiger partial charge on any atom is -0.485 e. The van der Waals surface area contributed by atoms with Crippen molar-refractivity contribution >= 4 is 11.5 Å². The number of nitrogens with zero attached hydrogens (tertiary/aromatic N) is 1. The van der Waals surface area contributed by atoms with Crippen molar-refractivity contribution in [1.29, 1.82) is 0 Å². The molecule has 2 aromatic heterocycles. The number of ether oxygens (including phenoxy) is 4. The molecule has 0 radical (unpaired) electrons. The first-order valence-corrected chi connectivity index (χ1v) is 10.4. The van der Waals surface area contributed by atoms with Crippen LogP contribution in [0.3, 0.4) is 0 Å². The highest BCUT2D eigenvalue weighted by Gasteiger charge is 2.29. The van der Waals surface area contributed by atoms with E-state index in [9.17, 15) is 4.79 Å². The summed E-state index contributed by atoms with van der Waals surface area (Å²) in [4.78, 5) is 16.4. The highest BCUT2D eigenvalue weighted by atomic mass is 32.1. The number of hydrogen-bond acceptors (Lipinski definition) is 7. The van der Waals surface area contributed by atoms with Gasteiger partial charge >= 0.3 is 0 Å². The van der Waals surface area contributed by atoms with Crippen molar-refractivity contribution < 1.29 is 18.9 Å². The smallest absolute Gasteiger partial charge is 0.258 e. The molecule has 0 spiro atoms. The van der Waals surface area contributed by atoms with Crippen LogP contribution in [0.4, 0.5) is 0 Å². The minimum absolute atomic E-state index is 0.0940. The van der Waals surface area contributed by atoms with Gasteiger partial charge < -0.3 is 18.9 Å². The van der Waals surface area contributed by atoms with Crippen molar-refractivity contribution in [3.63, 3.8) is 0 Å². The summed E-state index contributed by atoms with van der Waals surface area (Å²) >= 11 is 1.31. The lowest BCUT2D eigenvalue weighted by Gasteiger charge is -2.13. The molecule has 156 valence electrons. The minimum atomic E-state index is -0.248. The molecule has 0 saturated heterocycles. The highest BCUT2D eigenvalue weighted by molar-refractivity contribution is 7.09. The van der Waals surface area contributed by atoms with Gasteiger partial charge in [-0.2, -0.15) is 0 Å². The van der Waals surface area contributed by atoms with Crippen molar-refractivity contribution in [3.05, 3.63) is 82.8 Å². The number of fused-ring (bicyclic) bond motifs is 1. The summed E-state index contributed by atoms with van der Waals surface area (Å²) in [5.41, 5.74) is 1.79. The van der Waals surface area contributed by atoms with Gasteiger partial charge in [-0.25, -0.2) is 4.98 Å². The molecule has 0 saturated carbocycles. The van der Waals surface area contributed by atoms with Crippen LogP contribution in [0, 0.1) is 0 Å². The van der Waals surface area contributed by atoms with Crippen molar-refractivity contribution in [1.82, 2.24) is 9.36 Å². The van der Waals surface area contributed by atoms with Gasteiger partial charge in [-0.15, -0.1) is 0 Å². The average molecular weight is 434 g/mol. The topological polar surface area (TPSA) is 82.7 Å². The quantitative estimate of drug-likeness (QED) is 0.469. The SMILES string of the molecule is COc1ccc(Oc2cccc3c2OCC3Oc2ccc(-c3cc(=O)[nH]s3)cc2)cn1. The first-order chi connectivity index (χ1) is 15.2. The van der Waals surface area contributed by atoms with Gasteiger partial charge in [0, 0.05) is 17.7 Å². The van der Waals surface area contributed by atoms with Crippen LogP contribution >= 0.6 is 11.5 Å². The molecule has 0 fully saturated rings. The first kappa shape index (κ1) is 19.2. The van der Waals surface area contributed by atoms with Gasteiger partial charge in [0.15, 0.2) is 17.6 Å². The Morgan fingerprint density at radius 1 is 1.10 bits per heavy atom. The van der Waals surface area contributed by atoms with E-state index in [2.05, 4.69) is 9.36 Å². The number of hydrogen-bond donors (Lipinski definition) is 1. The third-order valence-corrected chi connectivity index (χ3v) is 5.70. The second-order valence-corrected chi connectivity index (χ2v) is 7.68. The van der Waals surface area contributed by atoms with Gasteiger partial charge in [0.05, 0.1) is 18.2 Å². The van der Waals surface area contributed by atoms with E-state index in [1.165, 1.54) is 11.5 Å². The van der Waals surface area contributed by atoms with Gasteiger partial charge in [-0.1, -0.05) is 23.7 Å². The molecule has 1 N–H and O–H groups in total. The number of nitrogens with one attached hydrogen (secondary N) is 1. The standard InChI is InChI=1S/C23H18N2O5S/c1-27-22-10-9-16(12-24-22)30-18-4-2-3-17-19(13-28-23(17)18)29-15-7-5-14(6-8-15)20-11-21(26)25-31-20/h2-12,19H,13H2,1H3,(H,25,26). The predicted molar refractivity (Wildman–Crippen MR) is 117 cm³/mol. The molecule has 1 atom stereocenters. The third kappa shape index (κ3) is 3.97. The normalized spacial score (nSPS) is 14.5. The van der Waals surface area contributed by atoms with Crippen LogP contribution in [0.25, 0.3) is 10.4 Å². The number of aromatic amines is 1. The summed E-state index contributed by atoms with van der Waals surface area (Å²) in [6.45, 7) is 0.387. The summed E-state index contributed by atoms with van der Waals surface area (Å²) < 4.78 is 25.8. The fourth-order valence-electron chi connectivity index (χ4n) is 3.33. The van der Waals surface area contributed by atoms with E-state index >= 15 is 0 Å². The van der Waals surface area contributed by atoms with Gasteiger partial charge in [0.1, 0.15) is 18.1 Å². The van der Waals surface area contributed by atoms with Gasteiger partial charge in [-0.3, -0.25) is 9.17 Å². The lowest BCUT2D eigenvalue weighted by Crippen LogP contribution is -2.08. The Bertz CT molecular complexity index is 1250. The number of benzene rings is 2. The van der Waals surface area contributed by atoms with E-state index in [1.54, 1.807) is 31.5 Å². The van der Waals surface area contributed by atoms with Crippen LogP contribution in [-0.4, -0.2) is 23.1 Å². The molecule has 7 nitrogen and oxygen atoms in total. The zero-order valence-corrected chi connectivity index (χ0v) is 17.3. The van der Waals surface area contributed by atoms with Crippen LogP contribution in [0.2, 0.25) is 0 Å². The van der Waals surface area contributed by atoms with Gasteiger partial charge in [0.25, 0.3) is 5.56 Å². The molecule has 8 heteroatoms. The Morgan fingerprint density at radius 3 is 2.65 bits per heavy atom. The zero-order valence-electron chi connectivity index (χ0n) is 16.5. The number of rotatable bonds is 6. The molecule has 5 rings (SSSR count). The lowest BCUT2D eigenvalue weighted by atomic mass is 10.1. The molecule has 0 bridgehead atoms.